The van der Waals surface area contributed by atoms with Crippen LogP contribution in [-0.2, 0) is 12.8 Å². The average Bonchev–Trinajstić information content (AvgIpc) is 2.35. The van der Waals surface area contributed by atoms with Gasteiger partial charge in [-0.2, -0.15) is 11.8 Å². The molecule has 0 amide bonds. The molecular formula is C13H21N3S. The summed E-state index contributed by atoms with van der Waals surface area (Å²) in [6, 6.07) is 0. The average molecular weight is 251 g/mol. The molecule has 0 spiro atoms. The molecule has 2 rings (SSSR count). The fourth-order valence-electron chi connectivity index (χ4n) is 2.19. The molecule has 0 saturated carbocycles. The van der Waals surface area contributed by atoms with Gasteiger partial charge in [0.15, 0.2) is 0 Å². The van der Waals surface area contributed by atoms with Crippen molar-refractivity contribution in [3.05, 3.63) is 17.1 Å². The zero-order chi connectivity index (χ0) is 12.3. The van der Waals surface area contributed by atoms with Crippen LogP contribution in [0.2, 0.25) is 0 Å². The van der Waals surface area contributed by atoms with Gasteiger partial charge in [0, 0.05) is 23.1 Å². The van der Waals surface area contributed by atoms with Crippen LogP contribution in [0.5, 0.6) is 0 Å². The second kappa shape index (κ2) is 5.71. The minimum Gasteiger partial charge on any atom is -0.369 e. The number of hydrogen-bond donors (Lipinski definition) is 1. The monoisotopic (exact) mass is 251 g/mol. The highest BCUT2D eigenvalue weighted by Gasteiger charge is 2.16. The van der Waals surface area contributed by atoms with E-state index in [2.05, 4.69) is 28.5 Å². The fourth-order valence-corrected chi connectivity index (χ4v) is 2.44. The summed E-state index contributed by atoms with van der Waals surface area (Å²) in [5.74, 6) is 1.97. The zero-order valence-electron chi connectivity index (χ0n) is 10.9. The van der Waals surface area contributed by atoms with Crippen molar-refractivity contribution in [3.8, 4) is 0 Å². The first-order valence-electron chi connectivity index (χ1n) is 6.33. The quantitative estimate of drug-likeness (QED) is 0.893. The van der Waals surface area contributed by atoms with E-state index in [0.29, 0.717) is 5.25 Å². The summed E-state index contributed by atoms with van der Waals surface area (Å²) in [6.45, 7) is 5.19. The summed E-state index contributed by atoms with van der Waals surface area (Å²) in [4.78, 5) is 9.13. The van der Waals surface area contributed by atoms with Gasteiger partial charge < -0.3 is 5.32 Å². The molecular weight excluding hydrogens is 230 g/mol. The molecule has 1 atom stereocenters. The van der Waals surface area contributed by atoms with Crippen LogP contribution in [0.1, 0.15) is 36.8 Å². The normalized spacial score (nSPS) is 16.4. The van der Waals surface area contributed by atoms with Gasteiger partial charge in [0.1, 0.15) is 11.6 Å². The summed E-state index contributed by atoms with van der Waals surface area (Å²) in [5.41, 5.74) is 2.62. The lowest BCUT2D eigenvalue weighted by Gasteiger charge is -2.20. The lowest BCUT2D eigenvalue weighted by atomic mass is 9.96. The molecule has 1 unspecified atom stereocenters. The van der Waals surface area contributed by atoms with E-state index >= 15 is 0 Å². The molecule has 1 N–H and O–H groups in total. The van der Waals surface area contributed by atoms with Crippen LogP contribution in [0.4, 0.5) is 5.82 Å². The van der Waals surface area contributed by atoms with Crippen molar-refractivity contribution in [1.29, 1.82) is 0 Å². The Morgan fingerprint density at radius 1 is 1.29 bits per heavy atom. The van der Waals surface area contributed by atoms with E-state index in [-0.39, 0.29) is 0 Å². The molecule has 1 aliphatic rings. The van der Waals surface area contributed by atoms with E-state index in [0.717, 1.165) is 31.0 Å². The van der Waals surface area contributed by atoms with Crippen LogP contribution in [0.15, 0.2) is 0 Å². The van der Waals surface area contributed by atoms with Gasteiger partial charge in [-0.1, -0.05) is 6.92 Å². The van der Waals surface area contributed by atoms with Crippen LogP contribution in [0.25, 0.3) is 0 Å². The van der Waals surface area contributed by atoms with Crippen LogP contribution in [-0.4, -0.2) is 28.0 Å². The fraction of sp³-hybridized carbons (Fsp3) is 0.692. The van der Waals surface area contributed by atoms with Crippen molar-refractivity contribution < 1.29 is 0 Å². The Morgan fingerprint density at radius 2 is 2.06 bits per heavy atom. The number of aryl methyl sites for hydroxylation is 2. The Hall–Kier alpha value is -0.770. The summed E-state index contributed by atoms with van der Waals surface area (Å²) in [6.07, 6.45) is 6.93. The molecule has 0 radical (unpaired) electrons. The second-order valence-corrected chi connectivity index (χ2v) is 5.96. The van der Waals surface area contributed by atoms with Crippen molar-refractivity contribution in [2.45, 2.75) is 44.8 Å². The first-order chi connectivity index (χ1) is 8.20. The Labute approximate surface area is 108 Å². The van der Waals surface area contributed by atoms with Crippen molar-refractivity contribution in [2.75, 3.05) is 18.1 Å². The van der Waals surface area contributed by atoms with E-state index in [1.165, 1.54) is 24.1 Å². The molecule has 17 heavy (non-hydrogen) atoms. The molecule has 1 aromatic rings. The third kappa shape index (κ3) is 3.12. The van der Waals surface area contributed by atoms with Crippen molar-refractivity contribution in [3.63, 3.8) is 0 Å². The standard InChI is InChI=1S/C13H21N3S/c1-9(17-3)8-14-13-11-6-4-5-7-12(11)15-10(2)16-13/h9H,4-8H2,1-3H3,(H,14,15,16). The van der Waals surface area contributed by atoms with Crippen LogP contribution in [0.3, 0.4) is 0 Å². The van der Waals surface area contributed by atoms with Crippen molar-refractivity contribution in [2.24, 2.45) is 0 Å². The summed E-state index contributed by atoms with van der Waals surface area (Å²) in [5, 5.41) is 4.11. The SMILES string of the molecule is CSC(C)CNc1nc(C)nc2c1CCCC2. The van der Waals surface area contributed by atoms with E-state index in [4.69, 9.17) is 0 Å². The molecule has 0 bridgehead atoms. The molecule has 0 saturated heterocycles. The molecule has 0 fully saturated rings. The van der Waals surface area contributed by atoms with Gasteiger partial charge in [0.25, 0.3) is 0 Å². The molecule has 1 aromatic heterocycles. The minimum atomic E-state index is 0.615. The Morgan fingerprint density at radius 3 is 2.82 bits per heavy atom. The van der Waals surface area contributed by atoms with Gasteiger partial charge in [-0.05, 0) is 38.9 Å². The third-order valence-electron chi connectivity index (χ3n) is 3.25. The molecule has 0 aliphatic heterocycles. The lowest BCUT2D eigenvalue weighted by Crippen LogP contribution is -2.18. The second-order valence-electron chi connectivity index (χ2n) is 4.68. The van der Waals surface area contributed by atoms with Gasteiger partial charge in [-0.3, -0.25) is 0 Å². The molecule has 3 nitrogen and oxygen atoms in total. The Bertz CT molecular complexity index is 392. The van der Waals surface area contributed by atoms with Gasteiger partial charge in [0.05, 0.1) is 0 Å². The van der Waals surface area contributed by atoms with Gasteiger partial charge >= 0.3 is 0 Å². The minimum absolute atomic E-state index is 0.615. The number of fused-ring (bicyclic) bond motifs is 1. The smallest absolute Gasteiger partial charge is 0.133 e. The first-order valence-corrected chi connectivity index (χ1v) is 7.62. The maximum Gasteiger partial charge on any atom is 0.133 e. The highest BCUT2D eigenvalue weighted by Crippen LogP contribution is 2.25. The zero-order valence-corrected chi connectivity index (χ0v) is 11.7. The highest BCUT2D eigenvalue weighted by molar-refractivity contribution is 7.99. The number of nitrogens with one attached hydrogen (secondary N) is 1. The largest absolute Gasteiger partial charge is 0.369 e. The number of rotatable bonds is 4. The lowest BCUT2D eigenvalue weighted by molar-refractivity contribution is 0.659. The highest BCUT2D eigenvalue weighted by atomic mass is 32.2. The predicted octanol–water partition coefficient (Wildman–Crippen LogP) is 2.83. The topological polar surface area (TPSA) is 37.8 Å². The van der Waals surface area contributed by atoms with E-state index < -0.39 is 0 Å². The van der Waals surface area contributed by atoms with E-state index in [9.17, 15) is 0 Å². The number of nitrogens with zero attached hydrogens (tertiary/aromatic N) is 2. The van der Waals surface area contributed by atoms with Crippen molar-refractivity contribution in [1.82, 2.24) is 9.97 Å². The van der Waals surface area contributed by atoms with Gasteiger partial charge in [-0.25, -0.2) is 9.97 Å². The predicted molar refractivity (Wildman–Crippen MR) is 74.9 cm³/mol. The third-order valence-corrected chi connectivity index (χ3v) is 4.23. The molecule has 1 heterocycles. The molecule has 1 aliphatic carbocycles. The molecule has 0 aromatic carbocycles. The van der Waals surface area contributed by atoms with Crippen LogP contribution >= 0.6 is 11.8 Å². The van der Waals surface area contributed by atoms with Crippen LogP contribution < -0.4 is 5.32 Å². The van der Waals surface area contributed by atoms with Crippen molar-refractivity contribution >= 4 is 17.6 Å². The van der Waals surface area contributed by atoms with E-state index in [1.54, 1.807) is 0 Å². The number of thioether (sulfide) groups is 1. The Balaban J connectivity index is 2.17. The molecule has 4 heteroatoms. The molecule has 94 valence electrons. The van der Waals surface area contributed by atoms with Crippen LogP contribution in [0, 0.1) is 6.92 Å². The summed E-state index contributed by atoms with van der Waals surface area (Å²) < 4.78 is 0. The van der Waals surface area contributed by atoms with Gasteiger partial charge in [0.2, 0.25) is 0 Å². The van der Waals surface area contributed by atoms with Gasteiger partial charge in [-0.15, -0.1) is 0 Å². The number of anilines is 1. The number of aromatic nitrogens is 2. The summed E-state index contributed by atoms with van der Waals surface area (Å²) >= 11 is 1.88. The Kier molecular flexibility index (Phi) is 4.26. The first kappa shape index (κ1) is 12.7. The number of hydrogen-bond acceptors (Lipinski definition) is 4. The summed E-state index contributed by atoms with van der Waals surface area (Å²) in [7, 11) is 0. The maximum absolute atomic E-state index is 4.57. The van der Waals surface area contributed by atoms with E-state index in [1.807, 2.05) is 18.7 Å². The maximum atomic E-state index is 4.57.